The van der Waals surface area contributed by atoms with Gasteiger partial charge in [0.1, 0.15) is 0 Å². The van der Waals surface area contributed by atoms with Gasteiger partial charge in [0.15, 0.2) is 0 Å². The molecule has 0 radical (unpaired) electrons. The Morgan fingerprint density at radius 3 is 0.824 bits per heavy atom. The molecule has 0 amide bonds. The van der Waals surface area contributed by atoms with Crippen molar-refractivity contribution in [3.05, 3.63) is 102 Å². The van der Waals surface area contributed by atoms with E-state index < -0.39 is 0 Å². The van der Waals surface area contributed by atoms with E-state index in [0.29, 0.717) is 0 Å². The van der Waals surface area contributed by atoms with Gasteiger partial charge in [0.05, 0.1) is 0 Å². The van der Waals surface area contributed by atoms with E-state index in [0.717, 1.165) is 47.3 Å². The first-order valence-electron chi connectivity index (χ1n) is 28.3. The maximum Gasteiger partial charge on any atom is 0.0216 e. The minimum Gasteiger partial charge on any atom is -0.0628 e. The van der Waals surface area contributed by atoms with Gasteiger partial charge in [0.2, 0.25) is 0 Å². The van der Waals surface area contributed by atoms with E-state index in [1.165, 1.54) is 169 Å². The van der Waals surface area contributed by atoms with Gasteiger partial charge in [-0.25, -0.2) is 0 Å². The smallest absolute Gasteiger partial charge is 0.0216 e. The SMILES string of the molecule is CC(C)CCC[C@H](C)CCC1(CC[C@@H](C)CCCC(C)C)c2cc(I)ccc2-c2ccc(-c3ccc4c(c3)C(CC[C@@H](C)CCCC(C)C)(CC[C@@H](C)CCCC(C)C)c3cc(I)ccc3-4)cc21. The van der Waals surface area contributed by atoms with Crippen molar-refractivity contribution >= 4 is 45.2 Å². The lowest BCUT2D eigenvalue weighted by molar-refractivity contribution is 0.327. The van der Waals surface area contributed by atoms with Crippen molar-refractivity contribution in [3.63, 3.8) is 0 Å². The van der Waals surface area contributed by atoms with Gasteiger partial charge in [-0.1, -0.05) is 197 Å². The summed E-state index contributed by atoms with van der Waals surface area (Å²) in [5, 5.41) is 0. The highest BCUT2D eigenvalue weighted by atomic mass is 127. The third-order valence-electron chi connectivity index (χ3n) is 17.1. The zero-order valence-electron chi connectivity index (χ0n) is 45.4. The van der Waals surface area contributed by atoms with E-state index in [4.69, 9.17) is 0 Å². The first kappa shape index (κ1) is 55.7. The summed E-state index contributed by atoms with van der Waals surface area (Å²) in [6, 6.07) is 30.4. The Labute approximate surface area is 446 Å². The highest BCUT2D eigenvalue weighted by molar-refractivity contribution is 14.1. The van der Waals surface area contributed by atoms with Crippen LogP contribution in [0.15, 0.2) is 72.8 Å². The second-order valence-electron chi connectivity index (χ2n) is 24.9. The Kier molecular flexibility index (Phi) is 21.1. The zero-order chi connectivity index (χ0) is 49.2. The maximum atomic E-state index is 2.72. The Morgan fingerprint density at radius 2 is 0.559 bits per heavy atom. The van der Waals surface area contributed by atoms with Crippen molar-refractivity contribution in [1.29, 1.82) is 0 Å². The quantitative estimate of drug-likeness (QED) is 0.0476. The third-order valence-corrected chi connectivity index (χ3v) is 18.5. The van der Waals surface area contributed by atoms with Crippen molar-refractivity contribution < 1.29 is 0 Å². The first-order valence-corrected chi connectivity index (χ1v) is 30.5. The van der Waals surface area contributed by atoms with Crippen LogP contribution in [0, 0.1) is 54.5 Å². The largest absolute Gasteiger partial charge is 0.0628 e. The van der Waals surface area contributed by atoms with Crippen molar-refractivity contribution in [2.24, 2.45) is 47.3 Å². The lowest BCUT2D eigenvalue weighted by Crippen LogP contribution is -2.27. The molecule has 0 bridgehead atoms. The third kappa shape index (κ3) is 14.3. The predicted molar refractivity (Wildman–Crippen MR) is 318 cm³/mol. The molecule has 2 heteroatoms. The summed E-state index contributed by atoms with van der Waals surface area (Å²) in [6.45, 7) is 29.3. The second kappa shape index (κ2) is 25.8. The molecule has 0 aromatic heterocycles. The van der Waals surface area contributed by atoms with Crippen molar-refractivity contribution in [3.8, 4) is 33.4 Å². The van der Waals surface area contributed by atoms with Crippen molar-refractivity contribution in [1.82, 2.24) is 0 Å². The molecule has 4 atom stereocenters. The van der Waals surface area contributed by atoms with E-state index in [-0.39, 0.29) is 10.8 Å². The van der Waals surface area contributed by atoms with Crippen LogP contribution in [0.1, 0.15) is 234 Å². The molecule has 0 spiro atoms. The molecule has 0 aliphatic heterocycles. The van der Waals surface area contributed by atoms with Gasteiger partial charge in [0, 0.05) is 18.0 Å². The maximum absolute atomic E-state index is 2.72. The zero-order valence-corrected chi connectivity index (χ0v) is 49.8. The van der Waals surface area contributed by atoms with Gasteiger partial charge in [-0.05, 0) is 236 Å². The van der Waals surface area contributed by atoms with Crippen LogP contribution in [0.2, 0.25) is 0 Å². The highest BCUT2D eigenvalue weighted by Gasteiger charge is 2.45. The van der Waals surface area contributed by atoms with Gasteiger partial charge in [-0.3, -0.25) is 0 Å². The summed E-state index contributed by atoms with van der Waals surface area (Å²) < 4.78 is 2.75. The van der Waals surface area contributed by atoms with Crippen LogP contribution in [0.25, 0.3) is 33.4 Å². The molecular formula is C66H96I2. The highest BCUT2D eigenvalue weighted by Crippen LogP contribution is 2.58. The normalized spacial score (nSPS) is 16.3. The molecule has 0 N–H and O–H groups in total. The number of rotatable bonds is 29. The number of hydrogen-bond donors (Lipinski definition) is 0. The fourth-order valence-corrected chi connectivity index (χ4v) is 13.7. The lowest BCUT2D eigenvalue weighted by atomic mass is 9.68. The molecule has 0 saturated heterocycles. The number of fused-ring (bicyclic) bond motifs is 6. The molecule has 2 aliphatic rings. The van der Waals surface area contributed by atoms with E-state index >= 15 is 0 Å². The van der Waals surface area contributed by atoms with Gasteiger partial charge in [0.25, 0.3) is 0 Å². The molecule has 0 nitrogen and oxygen atoms in total. The Hall–Kier alpha value is -1.66. The molecule has 4 aromatic carbocycles. The van der Waals surface area contributed by atoms with Crippen molar-refractivity contribution in [2.45, 2.75) is 222 Å². The van der Waals surface area contributed by atoms with E-state index in [2.05, 4.69) is 201 Å². The first-order chi connectivity index (χ1) is 32.4. The average molecular weight is 1140 g/mol. The van der Waals surface area contributed by atoms with E-state index in [1.807, 2.05) is 0 Å². The summed E-state index contributed by atoms with van der Waals surface area (Å²) in [6.07, 6.45) is 26.3. The van der Waals surface area contributed by atoms with Gasteiger partial charge in [-0.2, -0.15) is 0 Å². The molecular weight excluding hydrogens is 1050 g/mol. The van der Waals surface area contributed by atoms with E-state index in [1.54, 1.807) is 22.3 Å². The molecule has 0 unspecified atom stereocenters. The summed E-state index contributed by atoms with van der Waals surface area (Å²) in [5.74, 6) is 6.08. The van der Waals surface area contributed by atoms with Crippen LogP contribution >= 0.6 is 45.2 Å². The van der Waals surface area contributed by atoms with Gasteiger partial charge < -0.3 is 0 Å². The Bertz CT molecular complexity index is 1980. The molecule has 4 aromatic rings. The monoisotopic (exact) mass is 1140 g/mol. The van der Waals surface area contributed by atoms with Crippen LogP contribution in [-0.4, -0.2) is 0 Å². The average Bonchev–Trinajstić information content (AvgIpc) is 3.70. The number of benzene rings is 4. The topological polar surface area (TPSA) is 0 Å². The minimum atomic E-state index is 0.0330. The summed E-state index contributed by atoms with van der Waals surface area (Å²) in [4.78, 5) is 0. The molecule has 2 aliphatic carbocycles. The second-order valence-corrected chi connectivity index (χ2v) is 27.4. The molecule has 0 heterocycles. The molecule has 374 valence electrons. The van der Waals surface area contributed by atoms with Crippen LogP contribution in [0.5, 0.6) is 0 Å². The van der Waals surface area contributed by atoms with Crippen LogP contribution in [-0.2, 0) is 10.8 Å². The number of hydrogen-bond acceptors (Lipinski definition) is 0. The van der Waals surface area contributed by atoms with Gasteiger partial charge in [-0.15, -0.1) is 0 Å². The standard InChI is InChI=1S/C66H96I2/c1-45(2)17-13-21-49(9)33-37-65(38-34-50(10)22-14-18-46(3)4)61-41-53(25-29-57(61)59-31-27-55(67)43-63(59)65)54-26-30-58-60-32-28-56(68)44-64(60)66(62(58)42-54,39-35-51(11)23-15-19-47(5)6)40-36-52(12)24-16-20-48(7)8/h25-32,41-52H,13-24,33-40H2,1-12H3/t49-,50-,51-,52-/m0/s1. The summed E-state index contributed by atoms with van der Waals surface area (Å²) in [7, 11) is 0. The fourth-order valence-electron chi connectivity index (χ4n) is 12.7. The van der Waals surface area contributed by atoms with E-state index in [9.17, 15) is 0 Å². The molecule has 0 saturated carbocycles. The molecule has 6 rings (SSSR count). The summed E-state index contributed by atoms with van der Waals surface area (Å²) in [5.41, 5.74) is 15.3. The molecule has 68 heavy (non-hydrogen) atoms. The predicted octanol–water partition coefficient (Wildman–Crippen LogP) is 22.1. The Balaban J connectivity index is 1.43. The van der Waals surface area contributed by atoms with Crippen LogP contribution in [0.3, 0.4) is 0 Å². The van der Waals surface area contributed by atoms with Crippen LogP contribution in [0.4, 0.5) is 0 Å². The van der Waals surface area contributed by atoms with Gasteiger partial charge >= 0.3 is 0 Å². The fraction of sp³-hybridized carbons (Fsp3) is 0.636. The lowest BCUT2D eigenvalue weighted by Gasteiger charge is -2.35. The summed E-state index contributed by atoms with van der Waals surface area (Å²) >= 11 is 5.20. The van der Waals surface area contributed by atoms with Crippen molar-refractivity contribution in [2.75, 3.05) is 0 Å². The number of halogens is 2. The Morgan fingerprint density at radius 1 is 0.309 bits per heavy atom. The minimum absolute atomic E-state index is 0.0330. The van der Waals surface area contributed by atoms with Crippen LogP contribution < -0.4 is 0 Å². The molecule has 0 fully saturated rings.